The number of nitrogens with zero attached hydrogens (tertiary/aromatic N) is 2. The van der Waals surface area contributed by atoms with Crippen LogP contribution in [-0.4, -0.2) is 64.5 Å². The summed E-state index contributed by atoms with van der Waals surface area (Å²) in [6.45, 7) is 6.30. The number of ether oxygens (including phenoxy) is 3. The van der Waals surface area contributed by atoms with Crippen LogP contribution in [0, 0.1) is 6.92 Å². The first-order valence-electron chi connectivity index (χ1n) is 10.2. The molecule has 1 atom stereocenters. The Morgan fingerprint density at radius 1 is 1.16 bits per heavy atom. The van der Waals surface area contributed by atoms with Crippen molar-refractivity contribution in [2.24, 2.45) is 10.7 Å². The van der Waals surface area contributed by atoms with Gasteiger partial charge in [0.05, 0.1) is 40.0 Å². The number of furan rings is 1. The van der Waals surface area contributed by atoms with Crippen molar-refractivity contribution in [1.29, 1.82) is 0 Å². The van der Waals surface area contributed by atoms with Crippen LogP contribution >= 0.6 is 24.0 Å². The second-order valence-corrected chi connectivity index (χ2v) is 7.20. The van der Waals surface area contributed by atoms with Gasteiger partial charge in [-0.3, -0.25) is 9.89 Å². The van der Waals surface area contributed by atoms with E-state index in [2.05, 4.69) is 15.2 Å². The second kappa shape index (κ2) is 12.8. The van der Waals surface area contributed by atoms with Gasteiger partial charge in [-0.05, 0) is 43.2 Å². The van der Waals surface area contributed by atoms with Gasteiger partial charge in [0.1, 0.15) is 11.5 Å². The van der Waals surface area contributed by atoms with Crippen LogP contribution in [0.2, 0.25) is 0 Å². The Balaban J connectivity index is 0.00000341. The normalized spacial score (nSPS) is 15.8. The molecule has 0 amide bonds. The summed E-state index contributed by atoms with van der Waals surface area (Å²) in [6, 6.07) is 9.95. The van der Waals surface area contributed by atoms with Crippen LogP contribution in [0.3, 0.4) is 0 Å². The molecule has 31 heavy (non-hydrogen) atoms. The van der Waals surface area contributed by atoms with Gasteiger partial charge in [-0.1, -0.05) is 6.07 Å². The molecule has 0 spiro atoms. The van der Waals surface area contributed by atoms with Gasteiger partial charge in [-0.15, -0.1) is 24.0 Å². The summed E-state index contributed by atoms with van der Waals surface area (Å²) in [4.78, 5) is 6.91. The standard InChI is InChI=1S/C22H32N4O4.HI/c1-16-4-6-19(30-16)18(26-10-12-29-13-11-26)15-25-22(23)24-9-8-17-5-7-20(27-2)21(14-17)28-3;/h4-7,14,18H,8-13,15H2,1-3H3,(H3,23,24,25);1H. The van der Waals surface area contributed by atoms with Crippen LogP contribution in [-0.2, 0) is 11.2 Å². The molecule has 2 heterocycles. The predicted octanol–water partition coefficient (Wildman–Crippen LogP) is 2.74. The predicted molar refractivity (Wildman–Crippen MR) is 132 cm³/mol. The molecule has 1 aromatic carbocycles. The van der Waals surface area contributed by atoms with Gasteiger partial charge in [-0.2, -0.15) is 0 Å². The van der Waals surface area contributed by atoms with Gasteiger partial charge in [-0.25, -0.2) is 0 Å². The maximum Gasteiger partial charge on any atom is 0.188 e. The molecule has 1 aliphatic rings. The van der Waals surface area contributed by atoms with Gasteiger partial charge in [0.25, 0.3) is 0 Å². The van der Waals surface area contributed by atoms with E-state index in [1.165, 1.54) is 0 Å². The van der Waals surface area contributed by atoms with E-state index in [4.69, 9.17) is 24.4 Å². The molecule has 0 aliphatic carbocycles. The molecular weight excluding hydrogens is 511 g/mol. The molecule has 8 nitrogen and oxygen atoms in total. The molecule has 172 valence electrons. The van der Waals surface area contributed by atoms with Gasteiger partial charge >= 0.3 is 0 Å². The van der Waals surface area contributed by atoms with E-state index in [0.29, 0.717) is 19.0 Å². The van der Waals surface area contributed by atoms with Crippen LogP contribution in [0.25, 0.3) is 0 Å². The molecule has 9 heteroatoms. The number of methoxy groups -OCH3 is 2. The number of aliphatic imine (C=N–C) groups is 1. The number of guanidine groups is 1. The summed E-state index contributed by atoms with van der Waals surface area (Å²) in [7, 11) is 3.26. The van der Waals surface area contributed by atoms with Crippen LogP contribution in [0.4, 0.5) is 0 Å². The average molecular weight is 544 g/mol. The van der Waals surface area contributed by atoms with Gasteiger partial charge < -0.3 is 29.7 Å². The van der Waals surface area contributed by atoms with E-state index in [0.717, 1.165) is 61.3 Å². The number of benzene rings is 1. The number of morpholine rings is 1. The molecule has 3 N–H and O–H groups in total. The number of hydrogen-bond donors (Lipinski definition) is 2. The molecule has 1 aromatic heterocycles. The average Bonchev–Trinajstić information content (AvgIpc) is 3.20. The fraction of sp³-hybridized carbons (Fsp3) is 0.500. The number of aryl methyl sites for hydroxylation is 1. The molecule has 0 radical (unpaired) electrons. The summed E-state index contributed by atoms with van der Waals surface area (Å²) in [5.41, 5.74) is 7.25. The summed E-state index contributed by atoms with van der Waals surface area (Å²) in [6.07, 6.45) is 0.793. The first kappa shape index (κ1) is 25.3. The first-order chi connectivity index (χ1) is 14.6. The highest BCUT2D eigenvalue weighted by atomic mass is 127. The number of nitrogens with one attached hydrogen (secondary N) is 1. The summed E-state index contributed by atoms with van der Waals surface area (Å²) in [5.74, 6) is 3.68. The number of rotatable bonds is 9. The SMILES string of the molecule is COc1ccc(CCNC(N)=NCC(c2ccc(C)o2)N2CCOCC2)cc1OC.I. The summed E-state index contributed by atoms with van der Waals surface area (Å²) >= 11 is 0. The maximum atomic E-state index is 6.12. The fourth-order valence-corrected chi connectivity index (χ4v) is 3.52. The fourth-order valence-electron chi connectivity index (χ4n) is 3.52. The van der Waals surface area contributed by atoms with Crippen molar-refractivity contribution in [2.75, 3.05) is 53.6 Å². The molecule has 1 fully saturated rings. The van der Waals surface area contributed by atoms with E-state index in [-0.39, 0.29) is 30.0 Å². The summed E-state index contributed by atoms with van der Waals surface area (Å²) < 4.78 is 22.0. The Hall–Kier alpha value is -1.98. The van der Waals surface area contributed by atoms with Crippen LogP contribution < -0.4 is 20.5 Å². The minimum absolute atomic E-state index is 0. The third-order valence-electron chi connectivity index (χ3n) is 5.18. The minimum Gasteiger partial charge on any atom is -0.493 e. The zero-order valence-electron chi connectivity index (χ0n) is 18.4. The zero-order valence-corrected chi connectivity index (χ0v) is 20.8. The number of nitrogens with two attached hydrogens (primary N) is 1. The Morgan fingerprint density at radius 2 is 1.90 bits per heavy atom. The Labute approximate surface area is 201 Å². The lowest BCUT2D eigenvalue weighted by atomic mass is 10.1. The number of halogens is 1. The Morgan fingerprint density at radius 3 is 2.55 bits per heavy atom. The van der Waals surface area contributed by atoms with Gasteiger partial charge in [0.2, 0.25) is 0 Å². The lowest BCUT2D eigenvalue weighted by molar-refractivity contribution is 0.0135. The summed E-state index contributed by atoms with van der Waals surface area (Å²) in [5, 5.41) is 3.19. The molecule has 0 bridgehead atoms. The lowest BCUT2D eigenvalue weighted by Crippen LogP contribution is -2.41. The molecule has 3 rings (SSSR count). The van der Waals surface area contributed by atoms with Crippen molar-refractivity contribution in [3.8, 4) is 11.5 Å². The van der Waals surface area contributed by atoms with Crippen molar-refractivity contribution in [3.63, 3.8) is 0 Å². The molecule has 1 saturated heterocycles. The van der Waals surface area contributed by atoms with E-state index in [1.807, 2.05) is 37.3 Å². The second-order valence-electron chi connectivity index (χ2n) is 7.20. The topological polar surface area (TPSA) is 94.5 Å². The highest BCUT2D eigenvalue weighted by Crippen LogP contribution is 2.27. The third-order valence-corrected chi connectivity index (χ3v) is 5.18. The molecule has 0 saturated carbocycles. The maximum absolute atomic E-state index is 6.12. The van der Waals surface area contributed by atoms with E-state index < -0.39 is 0 Å². The van der Waals surface area contributed by atoms with Crippen molar-refractivity contribution in [1.82, 2.24) is 10.2 Å². The van der Waals surface area contributed by atoms with E-state index in [1.54, 1.807) is 14.2 Å². The Kier molecular flexibility index (Phi) is 10.4. The Bertz CT molecular complexity index is 837. The number of hydrogen-bond acceptors (Lipinski definition) is 6. The highest BCUT2D eigenvalue weighted by Gasteiger charge is 2.25. The van der Waals surface area contributed by atoms with E-state index in [9.17, 15) is 0 Å². The first-order valence-corrected chi connectivity index (χ1v) is 10.2. The lowest BCUT2D eigenvalue weighted by Gasteiger charge is -2.32. The molecular formula is C22H33IN4O4. The van der Waals surface area contributed by atoms with Crippen LogP contribution in [0.5, 0.6) is 11.5 Å². The quantitative estimate of drug-likeness (QED) is 0.285. The van der Waals surface area contributed by atoms with Crippen molar-refractivity contribution >= 4 is 29.9 Å². The smallest absolute Gasteiger partial charge is 0.188 e. The van der Waals surface area contributed by atoms with Crippen molar-refractivity contribution in [3.05, 3.63) is 47.4 Å². The highest BCUT2D eigenvalue weighted by molar-refractivity contribution is 14.0. The third kappa shape index (κ3) is 7.29. The molecule has 1 unspecified atom stereocenters. The van der Waals surface area contributed by atoms with E-state index >= 15 is 0 Å². The van der Waals surface area contributed by atoms with Gasteiger partial charge in [0.15, 0.2) is 17.5 Å². The van der Waals surface area contributed by atoms with Crippen molar-refractivity contribution in [2.45, 2.75) is 19.4 Å². The van der Waals surface area contributed by atoms with Crippen LogP contribution in [0.15, 0.2) is 39.7 Å². The zero-order chi connectivity index (χ0) is 21.3. The molecule has 2 aromatic rings. The molecule has 1 aliphatic heterocycles. The monoisotopic (exact) mass is 544 g/mol. The van der Waals surface area contributed by atoms with Crippen LogP contribution in [0.1, 0.15) is 23.1 Å². The largest absolute Gasteiger partial charge is 0.493 e. The van der Waals surface area contributed by atoms with Crippen molar-refractivity contribution < 1.29 is 18.6 Å². The van der Waals surface area contributed by atoms with Gasteiger partial charge in [0, 0.05) is 19.6 Å². The minimum atomic E-state index is 0.